The van der Waals surface area contributed by atoms with E-state index in [1.165, 1.54) is 0 Å². The summed E-state index contributed by atoms with van der Waals surface area (Å²) in [6, 6.07) is 5.89. The second-order valence-corrected chi connectivity index (χ2v) is 4.31. The highest BCUT2D eigenvalue weighted by atomic mass is 35.5. The van der Waals surface area contributed by atoms with Crippen molar-refractivity contribution in [3.05, 3.63) is 35.6 Å². The number of nitrogens with one attached hydrogen (secondary N) is 1. The molecule has 0 saturated heterocycles. The highest BCUT2D eigenvalue weighted by Gasteiger charge is 2.13. The van der Waals surface area contributed by atoms with Gasteiger partial charge in [0.05, 0.1) is 11.2 Å². The molecule has 3 aromatic rings. The molecule has 0 aliphatic carbocycles. The van der Waals surface area contributed by atoms with E-state index in [1.54, 1.807) is 10.9 Å². The number of anilines is 1. The van der Waals surface area contributed by atoms with Crippen LogP contribution in [0.1, 0.15) is 0 Å². The molecule has 4 nitrogen and oxygen atoms in total. The van der Waals surface area contributed by atoms with E-state index in [4.69, 9.17) is 17.3 Å². The molecular formula is C12H11ClN4. The molecule has 2 aromatic heterocycles. The molecule has 1 aromatic carbocycles. The van der Waals surface area contributed by atoms with Gasteiger partial charge in [0.2, 0.25) is 0 Å². The molecule has 0 spiro atoms. The number of H-pyrrole nitrogens is 1. The van der Waals surface area contributed by atoms with Crippen LogP contribution in [0.5, 0.6) is 0 Å². The van der Waals surface area contributed by atoms with Crippen molar-refractivity contribution in [3.63, 3.8) is 0 Å². The third-order valence-corrected chi connectivity index (χ3v) is 3.35. The van der Waals surface area contributed by atoms with Crippen LogP contribution in [0.15, 0.2) is 30.6 Å². The van der Waals surface area contributed by atoms with Crippen LogP contribution in [0.4, 0.5) is 5.82 Å². The van der Waals surface area contributed by atoms with E-state index in [2.05, 4.69) is 10.1 Å². The second-order valence-electron chi connectivity index (χ2n) is 3.93. The minimum atomic E-state index is 0.613. The number of nitrogen functional groups attached to an aromatic ring is 1. The van der Waals surface area contributed by atoms with Crippen molar-refractivity contribution in [2.24, 2.45) is 7.05 Å². The molecule has 0 unspecified atom stereocenters. The third kappa shape index (κ3) is 1.41. The predicted molar refractivity (Wildman–Crippen MR) is 69.9 cm³/mol. The standard InChI is InChI=1S/C12H11ClN4/c1-17-12(14)9(6-16-17)7-2-3-10-8(11(7)13)4-5-15-10/h2-6,15H,14H2,1H3. The first-order chi connectivity index (χ1) is 8.18. The topological polar surface area (TPSA) is 59.6 Å². The van der Waals surface area contributed by atoms with Crippen molar-refractivity contribution in [2.75, 3.05) is 5.73 Å². The van der Waals surface area contributed by atoms with E-state index in [-0.39, 0.29) is 0 Å². The van der Waals surface area contributed by atoms with E-state index in [0.29, 0.717) is 10.8 Å². The van der Waals surface area contributed by atoms with Crippen LogP contribution in [0.25, 0.3) is 22.0 Å². The fourth-order valence-corrected chi connectivity index (χ4v) is 2.29. The number of benzene rings is 1. The number of hydrogen-bond acceptors (Lipinski definition) is 2. The van der Waals surface area contributed by atoms with Crippen molar-refractivity contribution in [1.29, 1.82) is 0 Å². The van der Waals surface area contributed by atoms with Crippen molar-refractivity contribution in [3.8, 4) is 11.1 Å². The molecule has 17 heavy (non-hydrogen) atoms. The molecule has 2 heterocycles. The van der Waals surface area contributed by atoms with Crippen LogP contribution in [0.2, 0.25) is 5.02 Å². The van der Waals surface area contributed by atoms with Gasteiger partial charge in [-0.1, -0.05) is 17.7 Å². The van der Waals surface area contributed by atoms with Crippen LogP contribution in [-0.4, -0.2) is 14.8 Å². The summed E-state index contributed by atoms with van der Waals surface area (Å²) in [6.45, 7) is 0. The lowest BCUT2D eigenvalue weighted by molar-refractivity contribution is 0.779. The minimum Gasteiger partial charge on any atom is -0.383 e. The molecule has 5 heteroatoms. The Morgan fingerprint density at radius 1 is 1.29 bits per heavy atom. The maximum Gasteiger partial charge on any atom is 0.129 e. The van der Waals surface area contributed by atoms with Gasteiger partial charge in [-0.3, -0.25) is 4.68 Å². The number of hydrogen-bond donors (Lipinski definition) is 2. The first-order valence-electron chi connectivity index (χ1n) is 5.22. The van der Waals surface area contributed by atoms with E-state index < -0.39 is 0 Å². The molecule has 0 fully saturated rings. The molecule has 0 atom stereocenters. The Morgan fingerprint density at radius 3 is 2.82 bits per heavy atom. The average molecular weight is 247 g/mol. The van der Waals surface area contributed by atoms with Gasteiger partial charge in [0.25, 0.3) is 0 Å². The molecule has 0 saturated carbocycles. The molecule has 0 aliphatic rings. The number of aromatic nitrogens is 3. The molecule has 3 rings (SSSR count). The summed E-state index contributed by atoms with van der Waals surface area (Å²) in [7, 11) is 1.81. The Labute approximate surface area is 103 Å². The Bertz CT molecular complexity index is 696. The molecule has 0 bridgehead atoms. The summed E-state index contributed by atoms with van der Waals surface area (Å²) in [5.74, 6) is 0.613. The Morgan fingerprint density at radius 2 is 2.12 bits per heavy atom. The maximum absolute atomic E-state index is 6.39. The van der Waals surface area contributed by atoms with Gasteiger partial charge in [-0.15, -0.1) is 0 Å². The van der Waals surface area contributed by atoms with Gasteiger partial charge in [-0.25, -0.2) is 0 Å². The normalized spacial score (nSPS) is 11.2. The number of rotatable bonds is 1. The zero-order chi connectivity index (χ0) is 12.0. The quantitative estimate of drug-likeness (QED) is 0.694. The van der Waals surface area contributed by atoms with Gasteiger partial charge in [0.1, 0.15) is 5.82 Å². The largest absolute Gasteiger partial charge is 0.383 e. The summed E-state index contributed by atoms with van der Waals surface area (Å²) in [4.78, 5) is 3.12. The molecule has 0 amide bonds. The smallest absolute Gasteiger partial charge is 0.129 e. The number of halogens is 1. The van der Waals surface area contributed by atoms with Gasteiger partial charge in [0, 0.05) is 35.3 Å². The van der Waals surface area contributed by atoms with Crippen molar-refractivity contribution in [1.82, 2.24) is 14.8 Å². The van der Waals surface area contributed by atoms with Gasteiger partial charge < -0.3 is 10.7 Å². The minimum absolute atomic E-state index is 0.613. The van der Waals surface area contributed by atoms with Crippen molar-refractivity contribution < 1.29 is 0 Å². The summed E-state index contributed by atoms with van der Waals surface area (Å²) in [5, 5.41) is 5.82. The highest BCUT2D eigenvalue weighted by Crippen LogP contribution is 2.36. The highest BCUT2D eigenvalue weighted by molar-refractivity contribution is 6.38. The van der Waals surface area contributed by atoms with Crippen LogP contribution in [-0.2, 0) is 7.05 Å². The zero-order valence-electron chi connectivity index (χ0n) is 9.24. The summed E-state index contributed by atoms with van der Waals surface area (Å²) >= 11 is 6.39. The van der Waals surface area contributed by atoms with Crippen LogP contribution < -0.4 is 5.73 Å². The number of fused-ring (bicyclic) bond motifs is 1. The van der Waals surface area contributed by atoms with E-state index in [9.17, 15) is 0 Å². The average Bonchev–Trinajstić information content (AvgIpc) is 2.90. The van der Waals surface area contributed by atoms with E-state index in [0.717, 1.165) is 22.0 Å². The molecule has 0 radical (unpaired) electrons. The lowest BCUT2D eigenvalue weighted by atomic mass is 10.1. The lowest BCUT2D eigenvalue weighted by Crippen LogP contribution is -1.98. The SMILES string of the molecule is Cn1ncc(-c2ccc3[nH]ccc3c2Cl)c1N. The van der Waals surface area contributed by atoms with Gasteiger partial charge in [0.15, 0.2) is 0 Å². The second kappa shape index (κ2) is 3.53. The molecular weight excluding hydrogens is 236 g/mol. The summed E-state index contributed by atoms with van der Waals surface area (Å²) in [6.07, 6.45) is 3.60. The van der Waals surface area contributed by atoms with E-state index in [1.807, 2.05) is 31.4 Å². The van der Waals surface area contributed by atoms with Gasteiger partial charge >= 0.3 is 0 Å². The Kier molecular flexibility index (Phi) is 2.12. The van der Waals surface area contributed by atoms with Gasteiger partial charge in [-0.05, 0) is 12.1 Å². The fourth-order valence-electron chi connectivity index (χ4n) is 1.96. The monoisotopic (exact) mass is 246 g/mol. The zero-order valence-corrected chi connectivity index (χ0v) is 9.99. The third-order valence-electron chi connectivity index (χ3n) is 2.94. The van der Waals surface area contributed by atoms with Crippen molar-refractivity contribution in [2.45, 2.75) is 0 Å². The first-order valence-corrected chi connectivity index (χ1v) is 5.59. The number of aryl methyl sites for hydroxylation is 1. The summed E-state index contributed by atoms with van der Waals surface area (Å²) in [5.41, 5.74) is 8.74. The Balaban J connectivity index is 2.30. The van der Waals surface area contributed by atoms with E-state index >= 15 is 0 Å². The van der Waals surface area contributed by atoms with Gasteiger partial charge in [-0.2, -0.15) is 5.10 Å². The molecule has 0 aliphatic heterocycles. The Hall–Kier alpha value is -1.94. The number of nitrogens with zero attached hydrogens (tertiary/aromatic N) is 2. The number of aromatic amines is 1. The van der Waals surface area contributed by atoms with Crippen LogP contribution in [0.3, 0.4) is 0 Å². The molecule has 3 N–H and O–H groups in total. The van der Waals surface area contributed by atoms with Crippen molar-refractivity contribution >= 4 is 28.3 Å². The number of nitrogens with two attached hydrogens (primary N) is 1. The fraction of sp³-hybridized carbons (Fsp3) is 0.0833. The lowest BCUT2D eigenvalue weighted by Gasteiger charge is -2.04. The van der Waals surface area contributed by atoms with Crippen LogP contribution in [0, 0.1) is 0 Å². The van der Waals surface area contributed by atoms with Crippen LogP contribution >= 0.6 is 11.6 Å². The molecule has 86 valence electrons. The summed E-state index contributed by atoms with van der Waals surface area (Å²) < 4.78 is 1.63. The first kappa shape index (κ1) is 10.2. The predicted octanol–water partition coefficient (Wildman–Crippen LogP) is 2.80. The maximum atomic E-state index is 6.39.